The molecular weight excluding hydrogens is 455 g/mol. The molecule has 0 aliphatic rings. The molecule has 0 aliphatic heterocycles. The number of hydrogen-bond acceptors (Lipinski definition) is 6. The summed E-state index contributed by atoms with van der Waals surface area (Å²) in [6.45, 7) is 3.91. The third-order valence-electron chi connectivity index (χ3n) is 5.42. The predicted octanol–water partition coefficient (Wildman–Crippen LogP) is 4.39. The van der Waals surface area contributed by atoms with Crippen LogP contribution in [0.5, 0.6) is 11.5 Å². The highest BCUT2D eigenvalue weighted by molar-refractivity contribution is 7.99. The average Bonchev–Trinajstić information content (AvgIpc) is 3.28. The van der Waals surface area contributed by atoms with Crippen molar-refractivity contribution in [1.29, 1.82) is 0 Å². The second kappa shape index (κ2) is 11.6. The van der Waals surface area contributed by atoms with E-state index >= 15 is 0 Å². The van der Waals surface area contributed by atoms with Crippen molar-refractivity contribution in [2.45, 2.75) is 44.0 Å². The van der Waals surface area contributed by atoms with E-state index in [9.17, 15) is 9.18 Å². The highest BCUT2D eigenvalue weighted by Gasteiger charge is 2.26. The summed E-state index contributed by atoms with van der Waals surface area (Å²) < 4.78 is 27.2. The molecule has 0 saturated carbocycles. The van der Waals surface area contributed by atoms with Crippen molar-refractivity contribution in [2.75, 3.05) is 12.9 Å². The SMILES string of the molecule is C#CC(CC)(CC)NC(=O)CSc1nnc(COc2ccc(OC)cc2)n1-c1ccccc1F. The molecule has 0 radical (unpaired) electrons. The fourth-order valence-electron chi connectivity index (χ4n) is 3.28. The molecule has 3 aromatic rings. The molecule has 0 bridgehead atoms. The van der Waals surface area contributed by atoms with E-state index in [0.29, 0.717) is 35.3 Å². The molecule has 7 nitrogen and oxygen atoms in total. The van der Waals surface area contributed by atoms with Crippen LogP contribution in [-0.4, -0.2) is 39.1 Å². The van der Waals surface area contributed by atoms with Crippen molar-refractivity contribution in [3.05, 3.63) is 60.2 Å². The number of aromatic nitrogens is 3. The molecule has 34 heavy (non-hydrogen) atoms. The summed E-state index contributed by atoms with van der Waals surface area (Å²) in [5.41, 5.74) is -0.419. The standard InChI is InChI=1S/C25H27FN4O3S/c1-5-25(6-2,7-3)27-23(31)17-34-24-29-28-22(30(24)21-11-9-8-10-20(21)26)16-33-19-14-12-18(32-4)13-15-19/h1,8-15H,6-7,16-17H2,2-4H3,(H,27,31). The fraction of sp³-hybridized carbons (Fsp3) is 0.320. The van der Waals surface area contributed by atoms with E-state index in [1.54, 1.807) is 54.1 Å². The van der Waals surface area contributed by atoms with Gasteiger partial charge >= 0.3 is 0 Å². The molecule has 0 aliphatic carbocycles. The number of carbonyl (C=O) groups excluding carboxylic acids is 1. The van der Waals surface area contributed by atoms with Gasteiger partial charge in [0.1, 0.15) is 29.5 Å². The summed E-state index contributed by atoms with van der Waals surface area (Å²) in [5, 5.41) is 11.7. The van der Waals surface area contributed by atoms with E-state index in [0.717, 1.165) is 11.8 Å². The second-order valence-corrected chi connectivity index (χ2v) is 8.36. The van der Waals surface area contributed by atoms with Crippen LogP contribution >= 0.6 is 11.8 Å². The van der Waals surface area contributed by atoms with E-state index in [1.165, 1.54) is 6.07 Å². The lowest BCUT2D eigenvalue weighted by Crippen LogP contribution is -2.47. The Labute approximate surface area is 203 Å². The van der Waals surface area contributed by atoms with Crippen molar-refractivity contribution < 1.29 is 18.7 Å². The van der Waals surface area contributed by atoms with E-state index in [4.69, 9.17) is 15.9 Å². The zero-order chi connectivity index (χ0) is 24.6. The maximum Gasteiger partial charge on any atom is 0.231 e. The average molecular weight is 483 g/mol. The lowest BCUT2D eigenvalue weighted by atomic mass is 9.94. The molecule has 3 rings (SSSR count). The van der Waals surface area contributed by atoms with Crippen LogP contribution in [-0.2, 0) is 11.4 Å². The van der Waals surface area contributed by atoms with Crippen LogP contribution in [0.4, 0.5) is 4.39 Å². The topological polar surface area (TPSA) is 78.3 Å². The quantitative estimate of drug-likeness (QED) is 0.323. The molecule has 2 aromatic carbocycles. The van der Waals surface area contributed by atoms with Gasteiger partial charge in [-0.05, 0) is 49.2 Å². The number of nitrogens with zero attached hydrogens (tertiary/aromatic N) is 3. The lowest BCUT2D eigenvalue weighted by Gasteiger charge is -2.26. The maximum atomic E-state index is 14.7. The van der Waals surface area contributed by atoms with E-state index < -0.39 is 11.4 Å². The monoisotopic (exact) mass is 482 g/mol. The smallest absolute Gasteiger partial charge is 0.231 e. The van der Waals surface area contributed by atoms with Gasteiger partial charge in [-0.3, -0.25) is 9.36 Å². The van der Waals surface area contributed by atoms with Gasteiger partial charge in [0, 0.05) is 0 Å². The van der Waals surface area contributed by atoms with E-state index in [1.807, 2.05) is 13.8 Å². The van der Waals surface area contributed by atoms with Crippen molar-refractivity contribution in [3.63, 3.8) is 0 Å². The minimum Gasteiger partial charge on any atom is -0.497 e. The van der Waals surface area contributed by atoms with Gasteiger partial charge in [-0.1, -0.05) is 43.7 Å². The molecule has 0 unspecified atom stereocenters. The molecule has 0 spiro atoms. The van der Waals surface area contributed by atoms with Gasteiger partial charge in [-0.2, -0.15) is 0 Å². The summed E-state index contributed by atoms with van der Waals surface area (Å²) in [5.74, 6) is 3.76. The number of methoxy groups -OCH3 is 1. The summed E-state index contributed by atoms with van der Waals surface area (Å²) >= 11 is 1.15. The lowest BCUT2D eigenvalue weighted by molar-refractivity contribution is -0.119. The Morgan fingerprint density at radius 1 is 1.15 bits per heavy atom. The number of terminal acetylenes is 1. The highest BCUT2D eigenvalue weighted by atomic mass is 32.2. The molecule has 1 heterocycles. The minimum atomic E-state index is -0.686. The van der Waals surface area contributed by atoms with E-state index in [2.05, 4.69) is 21.4 Å². The first-order valence-corrected chi connectivity index (χ1v) is 11.8. The third kappa shape index (κ3) is 5.88. The summed E-state index contributed by atoms with van der Waals surface area (Å²) in [6.07, 6.45) is 6.88. The molecule has 1 amide bonds. The summed E-state index contributed by atoms with van der Waals surface area (Å²) in [6, 6.07) is 13.4. The van der Waals surface area contributed by atoms with Gasteiger partial charge in [0.15, 0.2) is 11.0 Å². The Morgan fingerprint density at radius 2 is 1.82 bits per heavy atom. The molecule has 9 heteroatoms. The number of hydrogen-bond donors (Lipinski definition) is 1. The number of para-hydroxylation sites is 1. The maximum absolute atomic E-state index is 14.7. The molecule has 178 valence electrons. The number of thioether (sulfide) groups is 1. The third-order valence-corrected chi connectivity index (χ3v) is 6.34. The molecule has 1 aromatic heterocycles. The van der Waals surface area contributed by atoms with Gasteiger partial charge in [0.25, 0.3) is 0 Å². The first kappa shape index (κ1) is 25.1. The number of carbonyl (C=O) groups is 1. The normalized spacial score (nSPS) is 11.0. The molecule has 1 N–H and O–H groups in total. The van der Waals surface area contributed by atoms with Crippen LogP contribution in [0.25, 0.3) is 5.69 Å². The number of rotatable bonds is 11. The molecule has 0 fully saturated rings. The number of halogens is 1. The Hall–Kier alpha value is -3.51. The van der Waals surface area contributed by atoms with Gasteiger partial charge in [-0.15, -0.1) is 16.6 Å². The van der Waals surface area contributed by atoms with Crippen molar-refractivity contribution in [3.8, 4) is 29.5 Å². The molecule has 0 atom stereocenters. The molecular formula is C25H27FN4O3S. The van der Waals surface area contributed by atoms with Gasteiger partial charge in [0.2, 0.25) is 5.91 Å². The highest BCUT2D eigenvalue weighted by Crippen LogP contribution is 2.26. The van der Waals surface area contributed by atoms with Crippen molar-refractivity contribution in [2.24, 2.45) is 0 Å². The second-order valence-electron chi connectivity index (χ2n) is 7.42. The van der Waals surface area contributed by atoms with Crippen LogP contribution < -0.4 is 14.8 Å². The van der Waals surface area contributed by atoms with Gasteiger partial charge in [-0.25, -0.2) is 4.39 Å². The summed E-state index contributed by atoms with van der Waals surface area (Å²) in [4.78, 5) is 12.6. The Bertz CT molecular complexity index is 1150. The zero-order valence-electron chi connectivity index (χ0n) is 19.4. The van der Waals surface area contributed by atoms with Crippen molar-refractivity contribution >= 4 is 17.7 Å². The minimum absolute atomic E-state index is 0.0479. The van der Waals surface area contributed by atoms with Gasteiger partial charge < -0.3 is 14.8 Å². The van der Waals surface area contributed by atoms with Crippen molar-refractivity contribution in [1.82, 2.24) is 20.1 Å². The first-order chi connectivity index (χ1) is 16.4. The zero-order valence-corrected chi connectivity index (χ0v) is 20.2. The Balaban J connectivity index is 1.80. The number of nitrogens with one attached hydrogen (secondary N) is 1. The van der Waals surface area contributed by atoms with Crippen LogP contribution in [0.1, 0.15) is 32.5 Å². The van der Waals surface area contributed by atoms with Crippen LogP contribution in [0.2, 0.25) is 0 Å². The Kier molecular flexibility index (Phi) is 8.55. The van der Waals surface area contributed by atoms with Crippen LogP contribution in [0, 0.1) is 18.2 Å². The number of benzene rings is 2. The number of amides is 1. The molecule has 0 saturated heterocycles. The van der Waals surface area contributed by atoms with Gasteiger partial charge in [0.05, 0.1) is 18.6 Å². The first-order valence-electron chi connectivity index (χ1n) is 10.8. The summed E-state index contributed by atoms with van der Waals surface area (Å²) in [7, 11) is 1.59. The predicted molar refractivity (Wildman–Crippen MR) is 130 cm³/mol. The largest absolute Gasteiger partial charge is 0.497 e. The number of ether oxygens (including phenoxy) is 2. The Morgan fingerprint density at radius 3 is 2.44 bits per heavy atom. The van der Waals surface area contributed by atoms with E-state index in [-0.39, 0.29) is 24.0 Å². The van der Waals surface area contributed by atoms with Crippen LogP contribution in [0.15, 0.2) is 53.7 Å². The van der Waals surface area contributed by atoms with Crippen LogP contribution in [0.3, 0.4) is 0 Å². The fourth-order valence-corrected chi connectivity index (χ4v) is 4.05.